The van der Waals surface area contributed by atoms with Crippen LogP contribution in [0, 0.1) is 0 Å². The van der Waals surface area contributed by atoms with Gasteiger partial charge in [0.15, 0.2) is 23.0 Å². The number of furan rings is 1. The van der Waals surface area contributed by atoms with Crippen molar-refractivity contribution in [2.45, 2.75) is 0 Å². The lowest BCUT2D eigenvalue weighted by Crippen LogP contribution is -2.28. The normalized spacial score (nSPS) is 14.6. The third kappa shape index (κ3) is 2.04. The monoisotopic (exact) mass is 263 g/mol. The number of aliphatic imine (C=N–C) groups is 1. The number of aromatic nitrogens is 1. The van der Waals surface area contributed by atoms with Gasteiger partial charge >= 0.3 is 0 Å². The smallest absolute Gasteiger partial charge is 0.279 e. The second-order valence-corrected chi connectivity index (χ2v) is 4.58. The van der Waals surface area contributed by atoms with Gasteiger partial charge in [-0.3, -0.25) is 15.1 Å². The van der Waals surface area contributed by atoms with E-state index in [1.807, 2.05) is 0 Å². The van der Waals surface area contributed by atoms with Crippen molar-refractivity contribution in [3.05, 3.63) is 30.5 Å². The van der Waals surface area contributed by atoms with Gasteiger partial charge in [0.05, 0.1) is 12.8 Å². The summed E-state index contributed by atoms with van der Waals surface area (Å²) in [6.07, 6.45) is 2.73. The molecule has 6 nitrogen and oxygen atoms in total. The zero-order valence-corrected chi connectivity index (χ0v) is 10.1. The van der Waals surface area contributed by atoms with Crippen LogP contribution in [0.25, 0.3) is 11.5 Å². The molecule has 3 heterocycles. The fourth-order valence-corrected chi connectivity index (χ4v) is 2.28. The van der Waals surface area contributed by atoms with Crippen molar-refractivity contribution in [3.63, 3.8) is 0 Å². The van der Waals surface area contributed by atoms with Gasteiger partial charge in [0.2, 0.25) is 5.76 Å². The number of rotatable bonds is 2. The molecule has 1 N–H and O–H groups in total. The number of carbonyl (C=O) groups excluding carboxylic acids is 1. The van der Waals surface area contributed by atoms with Crippen LogP contribution in [0.3, 0.4) is 0 Å². The first kappa shape index (κ1) is 11.1. The first-order valence-electron chi connectivity index (χ1n) is 5.30. The van der Waals surface area contributed by atoms with Crippen LogP contribution in [-0.2, 0) is 0 Å². The van der Waals surface area contributed by atoms with E-state index in [0.717, 1.165) is 12.3 Å². The molecule has 3 rings (SSSR count). The lowest BCUT2D eigenvalue weighted by molar-refractivity contribution is 0.0973. The third-order valence-corrected chi connectivity index (χ3v) is 3.22. The van der Waals surface area contributed by atoms with Crippen molar-refractivity contribution in [1.82, 2.24) is 10.3 Å². The topological polar surface area (TPSA) is 80.6 Å². The number of hydrogen-bond donors (Lipinski definition) is 1. The Bertz CT molecular complexity index is 588. The molecule has 0 fully saturated rings. The number of amides is 1. The first-order chi connectivity index (χ1) is 8.84. The van der Waals surface area contributed by atoms with Crippen LogP contribution in [0.2, 0.25) is 0 Å². The summed E-state index contributed by atoms with van der Waals surface area (Å²) >= 11 is 1.51. The van der Waals surface area contributed by atoms with Crippen molar-refractivity contribution in [2.75, 3.05) is 12.3 Å². The Hall–Kier alpha value is -2.02. The summed E-state index contributed by atoms with van der Waals surface area (Å²) in [5.41, 5.74) is 0.195. The lowest BCUT2D eigenvalue weighted by atomic mass is 10.2. The van der Waals surface area contributed by atoms with Gasteiger partial charge in [-0.05, 0) is 12.1 Å². The maximum Gasteiger partial charge on any atom is 0.279 e. The molecule has 0 aromatic carbocycles. The van der Waals surface area contributed by atoms with Crippen LogP contribution in [-0.4, -0.2) is 28.4 Å². The van der Waals surface area contributed by atoms with Gasteiger partial charge in [0.25, 0.3) is 5.91 Å². The summed E-state index contributed by atoms with van der Waals surface area (Å²) in [7, 11) is 0. The predicted octanol–water partition coefficient (Wildman–Crippen LogP) is 1.77. The second-order valence-electron chi connectivity index (χ2n) is 3.50. The number of thioether (sulfide) groups is 1. The van der Waals surface area contributed by atoms with Gasteiger partial charge in [0.1, 0.15) is 0 Å². The fraction of sp³-hybridized carbons (Fsp3) is 0.182. The number of amidine groups is 1. The second kappa shape index (κ2) is 4.69. The molecular weight excluding hydrogens is 254 g/mol. The molecule has 0 aliphatic carbocycles. The number of carbonyl (C=O) groups is 1. The number of nitrogens with one attached hydrogen (secondary N) is 1. The average Bonchev–Trinajstić information content (AvgIpc) is 3.11. The van der Waals surface area contributed by atoms with Crippen molar-refractivity contribution in [2.24, 2.45) is 4.99 Å². The molecule has 92 valence electrons. The molecule has 0 saturated heterocycles. The molecule has 0 unspecified atom stereocenters. The molecule has 0 saturated carbocycles. The Balaban J connectivity index is 1.84. The van der Waals surface area contributed by atoms with E-state index in [-0.39, 0.29) is 11.6 Å². The molecule has 0 atom stereocenters. The Morgan fingerprint density at radius 2 is 2.39 bits per heavy atom. The standard InChI is InChI=1S/C11H9N3O3S/c15-10(14-11-12-3-5-18-11)8-9(17-6-13-8)7-2-1-4-16-7/h1-2,4,6H,3,5H2,(H,12,14,15). The Morgan fingerprint density at radius 3 is 3.11 bits per heavy atom. The highest BCUT2D eigenvalue weighted by atomic mass is 32.2. The Labute approximate surface area is 106 Å². The Kier molecular flexibility index (Phi) is 2.89. The molecule has 0 spiro atoms. The van der Waals surface area contributed by atoms with Crippen LogP contribution >= 0.6 is 11.8 Å². The van der Waals surface area contributed by atoms with Gasteiger partial charge in [-0.1, -0.05) is 11.8 Å². The minimum atomic E-state index is -0.344. The summed E-state index contributed by atoms with van der Waals surface area (Å²) in [5, 5.41) is 3.31. The number of hydrogen-bond acceptors (Lipinski definition) is 6. The first-order valence-corrected chi connectivity index (χ1v) is 6.29. The number of nitrogens with zero attached hydrogens (tertiary/aromatic N) is 2. The van der Waals surface area contributed by atoms with E-state index in [1.165, 1.54) is 24.4 Å². The van der Waals surface area contributed by atoms with E-state index >= 15 is 0 Å². The van der Waals surface area contributed by atoms with Gasteiger partial charge < -0.3 is 8.83 Å². The van der Waals surface area contributed by atoms with E-state index in [1.54, 1.807) is 12.1 Å². The van der Waals surface area contributed by atoms with Crippen molar-refractivity contribution < 1.29 is 13.6 Å². The molecule has 1 aliphatic heterocycles. The van der Waals surface area contributed by atoms with Crippen LogP contribution in [0.15, 0.2) is 38.6 Å². The summed E-state index contributed by atoms with van der Waals surface area (Å²) in [5.74, 6) is 1.34. The molecule has 1 aliphatic rings. The highest BCUT2D eigenvalue weighted by Crippen LogP contribution is 2.23. The maximum atomic E-state index is 12.0. The molecule has 2 aromatic rings. The molecule has 0 bridgehead atoms. The summed E-state index contributed by atoms with van der Waals surface area (Å²) in [6, 6.07) is 3.43. The molecule has 1 amide bonds. The van der Waals surface area contributed by atoms with Crippen LogP contribution in [0.5, 0.6) is 0 Å². The molecular formula is C11H9N3O3S. The van der Waals surface area contributed by atoms with E-state index in [9.17, 15) is 4.79 Å². The summed E-state index contributed by atoms with van der Waals surface area (Å²) < 4.78 is 10.4. The highest BCUT2D eigenvalue weighted by molar-refractivity contribution is 8.14. The quantitative estimate of drug-likeness (QED) is 0.893. The minimum Gasteiger partial charge on any atom is -0.461 e. The van der Waals surface area contributed by atoms with E-state index < -0.39 is 0 Å². The molecule has 18 heavy (non-hydrogen) atoms. The Morgan fingerprint density at radius 1 is 1.44 bits per heavy atom. The summed E-state index contributed by atoms with van der Waals surface area (Å²) in [4.78, 5) is 20.1. The largest absolute Gasteiger partial charge is 0.461 e. The van der Waals surface area contributed by atoms with Crippen LogP contribution in [0.1, 0.15) is 10.5 Å². The molecule has 2 aromatic heterocycles. The van der Waals surface area contributed by atoms with Gasteiger partial charge in [-0.25, -0.2) is 4.98 Å². The van der Waals surface area contributed by atoms with Gasteiger partial charge in [0, 0.05) is 5.75 Å². The van der Waals surface area contributed by atoms with Crippen molar-refractivity contribution >= 4 is 22.8 Å². The van der Waals surface area contributed by atoms with E-state index in [2.05, 4.69) is 15.3 Å². The number of oxazole rings is 1. The minimum absolute atomic E-state index is 0.195. The zero-order valence-electron chi connectivity index (χ0n) is 9.25. The highest BCUT2D eigenvalue weighted by Gasteiger charge is 2.22. The molecule has 0 radical (unpaired) electrons. The lowest BCUT2D eigenvalue weighted by Gasteiger charge is -2.01. The molecule has 7 heteroatoms. The van der Waals surface area contributed by atoms with Gasteiger partial charge in [-0.2, -0.15) is 0 Å². The third-order valence-electron chi connectivity index (χ3n) is 2.33. The SMILES string of the molecule is O=C(NC1=NCCS1)c1ncoc1-c1ccco1. The fourth-order valence-electron chi connectivity index (χ4n) is 1.56. The van der Waals surface area contributed by atoms with Crippen LogP contribution in [0.4, 0.5) is 0 Å². The van der Waals surface area contributed by atoms with Crippen molar-refractivity contribution in [1.29, 1.82) is 0 Å². The predicted molar refractivity (Wildman–Crippen MR) is 66.4 cm³/mol. The average molecular weight is 263 g/mol. The summed E-state index contributed by atoms with van der Waals surface area (Å²) in [6.45, 7) is 0.726. The zero-order chi connectivity index (χ0) is 12.4. The van der Waals surface area contributed by atoms with Crippen LogP contribution < -0.4 is 5.32 Å². The van der Waals surface area contributed by atoms with Crippen molar-refractivity contribution in [3.8, 4) is 11.5 Å². The van der Waals surface area contributed by atoms with Gasteiger partial charge in [-0.15, -0.1) is 0 Å². The maximum absolute atomic E-state index is 12.0. The van der Waals surface area contributed by atoms with E-state index in [0.29, 0.717) is 16.7 Å². The van der Waals surface area contributed by atoms with E-state index in [4.69, 9.17) is 8.83 Å².